The molecular weight excluding hydrogens is 308 g/mol. The van der Waals surface area contributed by atoms with E-state index in [4.69, 9.17) is 9.72 Å². The summed E-state index contributed by atoms with van der Waals surface area (Å²) < 4.78 is 7.80. The summed E-state index contributed by atoms with van der Waals surface area (Å²) in [5.41, 5.74) is 5.64. The van der Waals surface area contributed by atoms with Gasteiger partial charge in [0, 0.05) is 11.1 Å². The first-order valence-electron chi connectivity index (χ1n) is 8.40. The summed E-state index contributed by atoms with van der Waals surface area (Å²) >= 11 is 0. The van der Waals surface area contributed by atoms with Crippen molar-refractivity contribution in [1.82, 2.24) is 9.55 Å². The van der Waals surface area contributed by atoms with Crippen molar-refractivity contribution < 1.29 is 4.74 Å². The number of para-hydroxylation sites is 3. The van der Waals surface area contributed by atoms with Gasteiger partial charge in [0.05, 0.1) is 24.7 Å². The molecule has 0 spiro atoms. The summed E-state index contributed by atoms with van der Waals surface area (Å²) in [6.45, 7) is 2.82. The Bertz CT molecular complexity index is 1030. The van der Waals surface area contributed by atoms with Crippen LogP contribution in [0.3, 0.4) is 0 Å². The van der Waals surface area contributed by atoms with Gasteiger partial charge in [0.2, 0.25) is 0 Å². The molecule has 0 atom stereocenters. The molecule has 124 valence electrons. The molecule has 3 heteroatoms. The standard InChI is InChI=1S/C22H20N2O/c1-16-8-7-10-17(14-16)22-23-19-11-4-5-12-20(19)24(22)15-18-9-3-6-13-21(18)25-2/h3-14H,15H2,1-2H3. The van der Waals surface area contributed by atoms with Gasteiger partial charge in [-0.25, -0.2) is 4.98 Å². The van der Waals surface area contributed by atoms with Crippen molar-refractivity contribution in [2.75, 3.05) is 7.11 Å². The minimum absolute atomic E-state index is 0.716. The number of imidazole rings is 1. The second kappa shape index (κ2) is 6.44. The van der Waals surface area contributed by atoms with Crippen molar-refractivity contribution in [3.05, 3.63) is 83.9 Å². The van der Waals surface area contributed by atoms with E-state index in [-0.39, 0.29) is 0 Å². The van der Waals surface area contributed by atoms with Gasteiger partial charge in [-0.05, 0) is 31.2 Å². The van der Waals surface area contributed by atoms with Crippen LogP contribution in [0.15, 0.2) is 72.8 Å². The summed E-state index contributed by atoms with van der Waals surface area (Å²) in [4.78, 5) is 4.90. The van der Waals surface area contributed by atoms with Gasteiger partial charge in [-0.2, -0.15) is 0 Å². The van der Waals surface area contributed by atoms with Crippen LogP contribution in [0.4, 0.5) is 0 Å². The molecule has 0 radical (unpaired) electrons. The van der Waals surface area contributed by atoms with Crippen LogP contribution < -0.4 is 4.74 Å². The van der Waals surface area contributed by atoms with Crippen LogP contribution in [-0.2, 0) is 6.54 Å². The van der Waals surface area contributed by atoms with Crippen LogP contribution in [-0.4, -0.2) is 16.7 Å². The van der Waals surface area contributed by atoms with Gasteiger partial charge in [0.1, 0.15) is 11.6 Å². The number of ether oxygens (including phenoxy) is 1. The minimum Gasteiger partial charge on any atom is -0.496 e. The number of rotatable bonds is 4. The second-order valence-corrected chi connectivity index (χ2v) is 6.19. The smallest absolute Gasteiger partial charge is 0.141 e. The normalized spacial score (nSPS) is 11.0. The molecule has 0 aliphatic heterocycles. The largest absolute Gasteiger partial charge is 0.496 e. The van der Waals surface area contributed by atoms with Crippen LogP contribution in [0.1, 0.15) is 11.1 Å². The van der Waals surface area contributed by atoms with Gasteiger partial charge in [0.25, 0.3) is 0 Å². The molecule has 0 amide bonds. The highest BCUT2D eigenvalue weighted by molar-refractivity contribution is 5.81. The zero-order valence-corrected chi connectivity index (χ0v) is 14.4. The molecule has 0 N–H and O–H groups in total. The van der Waals surface area contributed by atoms with Crippen molar-refractivity contribution in [1.29, 1.82) is 0 Å². The van der Waals surface area contributed by atoms with Crippen LogP contribution in [0.25, 0.3) is 22.4 Å². The van der Waals surface area contributed by atoms with Crippen LogP contribution >= 0.6 is 0 Å². The number of fused-ring (bicyclic) bond motifs is 1. The highest BCUT2D eigenvalue weighted by atomic mass is 16.5. The summed E-state index contributed by atoms with van der Waals surface area (Å²) in [5, 5.41) is 0. The SMILES string of the molecule is COc1ccccc1Cn1c(-c2cccc(C)c2)nc2ccccc21. The Morgan fingerprint density at radius 3 is 2.56 bits per heavy atom. The minimum atomic E-state index is 0.716. The molecule has 0 saturated heterocycles. The lowest BCUT2D eigenvalue weighted by Crippen LogP contribution is -2.04. The van der Waals surface area contributed by atoms with Gasteiger partial charge in [0.15, 0.2) is 0 Å². The molecule has 4 rings (SSSR count). The van der Waals surface area contributed by atoms with Crippen LogP contribution in [0.5, 0.6) is 5.75 Å². The van der Waals surface area contributed by atoms with Crippen LogP contribution in [0.2, 0.25) is 0 Å². The molecule has 0 fully saturated rings. The molecule has 0 bridgehead atoms. The van der Waals surface area contributed by atoms with Gasteiger partial charge in [-0.3, -0.25) is 0 Å². The molecule has 3 nitrogen and oxygen atoms in total. The fourth-order valence-electron chi connectivity index (χ4n) is 3.24. The summed E-state index contributed by atoms with van der Waals surface area (Å²) in [6.07, 6.45) is 0. The van der Waals surface area contributed by atoms with Crippen molar-refractivity contribution in [2.45, 2.75) is 13.5 Å². The van der Waals surface area contributed by atoms with E-state index in [2.05, 4.69) is 60.0 Å². The zero-order valence-electron chi connectivity index (χ0n) is 14.4. The van der Waals surface area contributed by atoms with E-state index in [1.165, 1.54) is 5.56 Å². The number of aryl methyl sites for hydroxylation is 1. The molecule has 4 aromatic rings. The highest BCUT2D eigenvalue weighted by Gasteiger charge is 2.14. The predicted molar refractivity (Wildman–Crippen MR) is 102 cm³/mol. The Morgan fingerprint density at radius 1 is 0.920 bits per heavy atom. The first-order chi connectivity index (χ1) is 12.3. The third-order valence-electron chi connectivity index (χ3n) is 4.45. The highest BCUT2D eigenvalue weighted by Crippen LogP contribution is 2.28. The van der Waals surface area contributed by atoms with Crippen molar-refractivity contribution >= 4 is 11.0 Å². The number of hydrogen-bond acceptors (Lipinski definition) is 2. The number of hydrogen-bond donors (Lipinski definition) is 0. The van der Waals surface area contributed by atoms with Gasteiger partial charge in [-0.1, -0.05) is 54.1 Å². The maximum absolute atomic E-state index is 5.54. The second-order valence-electron chi connectivity index (χ2n) is 6.19. The quantitative estimate of drug-likeness (QED) is 0.523. The Balaban J connectivity index is 1.91. The Hall–Kier alpha value is -3.07. The fraction of sp³-hybridized carbons (Fsp3) is 0.136. The van der Waals surface area contributed by atoms with E-state index < -0.39 is 0 Å². The molecule has 25 heavy (non-hydrogen) atoms. The van der Waals surface area contributed by atoms with E-state index in [9.17, 15) is 0 Å². The topological polar surface area (TPSA) is 27.1 Å². The van der Waals surface area contributed by atoms with Crippen molar-refractivity contribution in [2.24, 2.45) is 0 Å². The van der Waals surface area contributed by atoms with Gasteiger partial charge in [-0.15, -0.1) is 0 Å². The third kappa shape index (κ3) is 2.89. The molecular formula is C22H20N2O. The fourth-order valence-corrected chi connectivity index (χ4v) is 3.24. The first kappa shape index (κ1) is 15.5. The Kier molecular flexibility index (Phi) is 3.98. The molecule has 0 aliphatic carbocycles. The average molecular weight is 328 g/mol. The predicted octanol–water partition coefficient (Wildman–Crippen LogP) is 5.07. The number of methoxy groups -OCH3 is 1. The number of nitrogens with zero attached hydrogens (tertiary/aromatic N) is 2. The van der Waals surface area contributed by atoms with E-state index in [1.807, 2.05) is 24.3 Å². The first-order valence-corrected chi connectivity index (χ1v) is 8.40. The van der Waals surface area contributed by atoms with E-state index in [1.54, 1.807) is 7.11 Å². The maximum Gasteiger partial charge on any atom is 0.141 e. The molecule has 3 aromatic carbocycles. The Morgan fingerprint density at radius 2 is 1.72 bits per heavy atom. The van der Waals surface area contributed by atoms with E-state index in [0.717, 1.165) is 33.7 Å². The third-order valence-corrected chi connectivity index (χ3v) is 4.45. The lowest BCUT2D eigenvalue weighted by molar-refractivity contribution is 0.408. The van der Waals surface area contributed by atoms with Crippen molar-refractivity contribution in [3.8, 4) is 17.1 Å². The summed E-state index contributed by atoms with van der Waals surface area (Å²) in [5.74, 6) is 1.88. The molecule has 0 aliphatic rings. The maximum atomic E-state index is 5.54. The molecule has 0 unspecified atom stereocenters. The monoisotopic (exact) mass is 328 g/mol. The summed E-state index contributed by atoms with van der Waals surface area (Å²) in [6, 6.07) is 24.9. The molecule has 1 heterocycles. The van der Waals surface area contributed by atoms with Gasteiger partial charge < -0.3 is 9.30 Å². The summed E-state index contributed by atoms with van der Waals surface area (Å²) in [7, 11) is 1.71. The van der Waals surface area contributed by atoms with Gasteiger partial charge >= 0.3 is 0 Å². The van der Waals surface area contributed by atoms with Crippen molar-refractivity contribution in [3.63, 3.8) is 0 Å². The average Bonchev–Trinajstić information content (AvgIpc) is 3.01. The molecule has 1 aromatic heterocycles. The number of aromatic nitrogens is 2. The zero-order chi connectivity index (χ0) is 17.2. The van der Waals surface area contributed by atoms with E-state index in [0.29, 0.717) is 6.54 Å². The van der Waals surface area contributed by atoms with Crippen LogP contribution in [0, 0.1) is 6.92 Å². The number of benzene rings is 3. The lowest BCUT2D eigenvalue weighted by atomic mass is 10.1. The molecule has 0 saturated carbocycles. The van der Waals surface area contributed by atoms with E-state index >= 15 is 0 Å². The Labute approximate surface area is 147 Å². The lowest BCUT2D eigenvalue weighted by Gasteiger charge is -2.13.